The third-order valence-electron chi connectivity index (χ3n) is 3.16. The number of hydrogen-bond donors (Lipinski definition) is 1. The third kappa shape index (κ3) is 2.74. The lowest BCUT2D eigenvalue weighted by molar-refractivity contribution is -0.115. The van der Waals surface area contributed by atoms with Crippen LogP contribution in [0.2, 0.25) is 0 Å². The van der Waals surface area contributed by atoms with Gasteiger partial charge in [0.2, 0.25) is 17.7 Å². The van der Waals surface area contributed by atoms with Crippen molar-refractivity contribution in [2.24, 2.45) is 0 Å². The average Bonchev–Trinajstić information content (AvgIpc) is 2.85. The molecule has 0 radical (unpaired) electrons. The molecule has 0 atom stereocenters. The van der Waals surface area contributed by atoms with Crippen molar-refractivity contribution in [3.8, 4) is 0 Å². The fourth-order valence-corrected chi connectivity index (χ4v) is 2.20. The molecule has 6 heteroatoms. The predicted molar refractivity (Wildman–Crippen MR) is 77.8 cm³/mol. The maximum Gasteiger partial charge on any atom is 0.233 e. The summed E-state index contributed by atoms with van der Waals surface area (Å²) in [5.74, 6) is 0.563. The molecule has 0 aliphatic carbocycles. The van der Waals surface area contributed by atoms with Crippen LogP contribution in [0.3, 0.4) is 0 Å². The summed E-state index contributed by atoms with van der Waals surface area (Å²) in [5.41, 5.74) is 1.68. The Bertz CT molecular complexity index is 810. The van der Waals surface area contributed by atoms with Crippen LogP contribution in [0.4, 0.5) is 5.69 Å². The zero-order valence-electron chi connectivity index (χ0n) is 11.8. The van der Waals surface area contributed by atoms with Crippen LogP contribution in [0.15, 0.2) is 34.9 Å². The molecule has 3 rings (SSSR count). The summed E-state index contributed by atoms with van der Waals surface area (Å²) in [6, 6.07) is 7.62. The molecule has 0 aliphatic rings. The molecule has 0 saturated carbocycles. The second kappa shape index (κ2) is 5.32. The molecule has 6 nitrogen and oxygen atoms in total. The minimum atomic E-state index is -0.194. The van der Waals surface area contributed by atoms with Gasteiger partial charge >= 0.3 is 0 Å². The van der Waals surface area contributed by atoms with Gasteiger partial charge in [-0.3, -0.25) is 9.78 Å². The number of carbonyl (C=O) groups excluding carboxylic acids is 1. The molecule has 0 unspecified atom stereocenters. The van der Waals surface area contributed by atoms with E-state index in [1.807, 2.05) is 31.2 Å². The molecule has 0 bridgehead atoms. The number of hydrogen-bond acceptors (Lipinski definition) is 5. The molecule has 2 aromatic heterocycles. The first-order chi connectivity index (χ1) is 10.1. The first-order valence-corrected chi connectivity index (χ1v) is 6.56. The number of fused-ring (bicyclic) bond motifs is 1. The summed E-state index contributed by atoms with van der Waals surface area (Å²) in [6.07, 6.45) is 1.79. The van der Waals surface area contributed by atoms with Crippen LogP contribution in [0.5, 0.6) is 0 Å². The molecular weight excluding hydrogens is 268 g/mol. The maximum absolute atomic E-state index is 12.1. The van der Waals surface area contributed by atoms with Crippen LogP contribution in [0.25, 0.3) is 10.8 Å². The molecule has 2 heterocycles. The van der Waals surface area contributed by atoms with E-state index in [1.54, 1.807) is 13.1 Å². The fraction of sp³-hybridized carbons (Fsp3) is 0.200. The van der Waals surface area contributed by atoms with Crippen molar-refractivity contribution in [2.45, 2.75) is 20.3 Å². The van der Waals surface area contributed by atoms with Gasteiger partial charge in [-0.05, 0) is 19.1 Å². The van der Waals surface area contributed by atoms with Crippen molar-refractivity contribution >= 4 is 22.4 Å². The molecule has 0 fully saturated rings. The first kappa shape index (κ1) is 13.2. The van der Waals surface area contributed by atoms with E-state index in [0.717, 1.165) is 22.2 Å². The van der Waals surface area contributed by atoms with E-state index >= 15 is 0 Å². The van der Waals surface area contributed by atoms with E-state index in [2.05, 4.69) is 20.5 Å². The Labute approximate surface area is 121 Å². The quantitative estimate of drug-likeness (QED) is 0.797. The minimum Gasteiger partial charge on any atom is -0.425 e. The van der Waals surface area contributed by atoms with Crippen molar-refractivity contribution in [3.63, 3.8) is 0 Å². The summed E-state index contributed by atoms with van der Waals surface area (Å²) < 4.78 is 5.21. The molecule has 0 aliphatic heterocycles. The SMILES string of the molecule is Cc1nnc(CC(=O)Nc2cccc3c(C)nccc23)o1. The van der Waals surface area contributed by atoms with Gasteiger partial charge in [0.1, 0.15) is 6.42 Å². The summed E-state index contributed by atoms with van der Waals surface area (Å²) in [6.45, 7) is 3.63. The van der Waals surface area contributed by atoms with Gasteiger partial charge in [-0.25, -0.2) is 0 Å². The van der Waals surface area contributed by atoms with E-state index in [4.69, 9.17) is 4.42 Å². The number of rotatable bonds is 3. The van der Waals surface area contributed by atoms with Crippen LogP contribution < -0.4 is 5.32 Å². The molecular formula is C15H14N4O2. The van der Waals surface area contributed by atoms with Crippen LogP contribution in [-0.4, -0.2) is 21.1 Å². The van der Waals surface area contributed by atoms with Crippen molar-refractivity contribution in [2.75, 3.05) is 5.32 Å². The lowest BCUT2D eigenvalue weighted by atomic mass is 10.1. The zero-order chi connectivity index (χ0) is 14.8. The number of pyridine rings is 1. The minimum absolute atomic E-state index is 0.0568. The van der Waals surface area contributed by atoms with Crippen LogP contribution >= 0.6 is 0 Å². The Morgan fingerprint density at radius 2 is 2.05 bits per heavy atom. The smallest absolute Gasteiger partial charge is 0.233 e. The number of carbonyl (C=O) groups is 1. The molecule has 1 amide bonds. The summed E-state index contributed by atoms with van der Waals surface area (Å²) in [4.78, 5) is 16.3. The highest BCUT2D eigenvalue weighted by Crippen LogP contribution is 2.24. The number of amides is 1. The van der Waals surface area contributed by atoms with E-state index < -0.39 is 0 Å². The second-order valence-corrected chi connectivity index (χ2v) is 4.74. The average molecular weight is 282 g/mol. The summed E-state index contributed by atoms with van der Waals surface area (Å²) in [5, 5.41) is 12.4. The van der Waals surface area contributed by atoms with Gasteiger partial charge in [0.15, 0.2) is 0 Å². The highest BCUT2D eigenvalue weighted by atomic mass is 16.4. The molecule has 0 saturated heterocycles. The Morgan fingerprint density at radius 3 is 2.81 bits per heavy atom. The van der Waals surface area contributed by atoms with Crippen molar-refractivity contribution in [3.05, 3.63) is 47.9 Å². The number of benzene rings is 1. The van der Waals surface area contributed by atoms with Crippen molar-refractivity contribution in [1.29, 1.82) is 0 Å². The van der Waals surface area contributed by atoms with Gasteiger partial charge in [0.05, 0.1) is 0 Å². The van der Waals surface area contributed by atoms with E-state index in [1.165, 1.54) is 0 Å². The normalized spacial score (nSPS) is 10.8. The van der Waals surface area contributed by atoms with E-state index in [9.17, 15) is 4.79 Å². The number of nitrogens with one attached hydrogen (secondary N) is 1. The lowest BCUT2D eigenvalue weighted by Crippen LogP contribution is -2.15. The molecule has 106 valence electrons. The molecule has 21 heavy (non-hydrogen) atoms. The predicted octanol–water partition coefficient (Wildman–Crippen LogP) is 2.42. The third-order valence-corrected chi connectivity index (χ3v) is 3.16. The number of aryl methyl sites for hydroxylation is 2. The summed E-state index contributed by atoms with van der Waals surface area (Å²) >= 11 is 0. The molecule has 1 aromatic carbocycles. The molecule has 1 N–H and O–H groups in total. The number of aromatic nitrogens is 3. The maximum atomic E-state index is 12.1. The number of nitrogens with zero attached hydrogens (tertiary/aromatic N) is 3. The Morgan fingerprint density at radius 1 is 1.19 bits per heavy atom. The van der Waals surface area contributed by atoms with Crippen LogP contribution in [0.1, 0.15) is 17.5 Å². The summed E-state index contributed by atoms with van der Waals surface area (Å²) in [7, 11) is 0. The van der Waals surface area contributed by atoms with E-state index in [0.29, 0.717) is 11.8 Å². The zero-order valence-corrected chi connectivity index (χ0v) is 11.8. The van der Waals surface area contributed by atoms with Gasteiger partial charge < -0.3 is 9.73 Å². The van der Waals surface area contributed by atoms with Gasteiger partial charge in [-0.15, -0.1) is 10.2 Å². The Kier molecular flexibility index (Phi) is 3.35. The molecule has 0 spiro atoms. The first-order valence-electron chi connectivity index (χ1n) is 6.56. The fourth-order valence-electron chi connectivity index (χ4n) is 2.20. The van der Waals surface area contributed by atoms with Gasteiger partial charge in [0.25, 0.3) is 0 Å². The van der Waals surface area contributed by atoms with Crippen LogP contribution in [-0.2, 0) is 11.2 Å². The van der Waals surface area contributed by atoms with Gasteiger partial charge in [-0.2, -0.15) is 0 Å². The van der Waals surface area contributed by atoms with Crippen molar-refractivity contribution in [1.82, 2.24) is 15.2 Å². The Balaban J connectivity index is 1.84. The van der Waals surface area contributed by atoms with Crippen LogP contribution in [0, 0.1) is 13.8 Å². The monoisotopic (exact) mass is 282 g/mol. The molecule has 3 aromatic rings. The van der Waals surface area contributed by atoms with Crippen molar-refractivity contribution < 1.29 is 9.21 Å². The van der Waals surface area contributed by atoms with Gasteiger partial charge in [-0.1, -0.05) is 12.1 Å². The topological polar surface area (TPSA) is 80.9 Å². The Hall–Kier alpha value is -2.76. The van der Waals surface area contributed by atoms with Gasteiger partial charge in [0, 0.05) is 35.3 Å². The highest BCUT2D eigenvalue weighted by molar-refractivity contribution is 6.02. The number of anilines is 1. The van der Waals surface area contributed by atoms with E-state index in [-0.39, 0.29) is 12.3 Å². The largest absolute Gasteiger partial charge is 0.425 e. The second-order valence-electron chi connectivity index (χ2n) is 4.74. The lowest BCUT2D eigenvalue weighted by Gasteiger charge is -2.08. The highest BCUT2D eigenvalue weighted by Gasteiger charge is 2.11. The standard InChI is InChI=1S/C15H14N4O2/c1-9-11-4-3-5-13(12(11)6-7-16-9)17-14(20)8-15-19-18-10(2)21-15/h3-7H,8H2,1-2H3,(H,17,20).